The largest absolute Gasteiger partial charge is 0.438 e. The molecule has 0 bridgehead atoms. The summed E-state index contributed by atoms with van der Waals surface area (Å²) < 4.78 is 19.4. The molecule has 0 radical (unpaired) electrons. The predicted molar refractivity (Wildman–Crippen MR) is 145 cm³/mol. The van der Waals surface area contributed by atoms with Crippen molar-refractivity contribution in [2.75, 3.05) is 10.6 Å². The van der Waals surface area contributed by atoms with E-state index in [9.17, 15) is 18.8 Å². The summed E-state index contributed by atoms with van der Waals surface area (Å²) in [6.07, 6.45) is -1.31. The molecule has 7 nitrogen and oxygen atoms in total. The lowest BCUT2D eigenvalue weighted by atomic mass is 10.00. The Kier molecular flexibility index (Phi) is 7.63. The van der Waals surface area contributed by atoms with Gasteiger partial charge in [0, 0.05) is 11.4 Å². The van der Waals surface area contributed by atoms with E-state index in [-0.39, 0.29) is 24.6 Å². The van der Waals surface area contributed by atoms with E-state index in [4.69, 9.17) is 4.74 Å². The number of carbonyl (C=O) groups excluding carboxylic acids is 3. The van der Waals surface area contributed by atoms with Gasteiger partial charge in [0.25, 0.3) is 5.91 Å². The molecule has 1 aliphatic rings. The normalized spacial score (nSPS) is 16.4. The summed E-state index contributed by atoms with van der Waals surface area (Å²) in [6, 6.07) is 30.0. The van der Waals surface area contributed by atoms with Gasteiger partial charge in [-0.2, -0.15) is 0 Å². The average Bonchev–Trinajstić information content (AvgIpc) is 3.26. The first-order valence-corrected chi connectivity index (χ1v) is 12.5. The number of amides is 3. The number of ether oxygens (including phenoxy) is 1. The molecular formula is C31H26FN3O4. The van der Waals surface area contributed by atoms with Gasteiger partial charge >= 0.3 is 6.09 Å². The lowest BCUT2D eigenvalue weighted by Crippen LogP contribution is -2.43. The average molecular weight is 524 g/mol. The molecule has 4 aromatic rings. The highest BCUT2D eigenvalue weighted by Gasteiger charge is 2.47. The molecule has 4 aromatic carbocycles. The van der Waals surface area contributed by atoms with E-state index < -0.39 is 30.0 Å². The maximum atomic E-state index is 13.7. The van der Waals surface area contributed by atoms with Crippen LogP contribution in [0, 0.1) is 5.82 Å². The molecule has 0 saturated carbocycles. The van der Waals surface area contributed by atoms with Crippen LogP contribution in [-0.2, 0) is 27.3 Å². The summed E-state index contributed by atoms with van der Waals surface area (Å²) in [4.78, 5) is 40.3. The van der Waals surface area contributed by atoms with E-state index in [1.165, 1.54) is 23.1 Å². The van der Waals surface area contributed by atoms with Crippen molar-refractivity contribution in [2.24, 2.45) is 0 Å². The molecule has 1 saturated heterocycles. The minimum atomic E-state index is -1.01. The Labute approximate surface area is 225 Å². The van der Waals surface area contributed by atoms with E-state index in [0.717, 1.165) is 11.1 Å². The molecule has 5 rings (SSSR count). The highest BCUT2D eigenvalue weighted by molar-refractivity contribution is 5.98. The van der Waals surface area contributed by atoms with Crippen LogP contribution in [0.5, 0.6) is 0 Å². The Morgan fingerprint density at radius 1 is 0.769 bits per heavy atom. The van der Waals surface area contributed by atoms with Crippen molar-refractivity contribution in [3.05, 3.63) is 132 Å². The van der Waals surface area contributed by atoms with E-state index in [1.807, 2.05) is 60.7 Å². The number of nitrogens with zero attached hydrogens (tertiary/aromatic N) is 1. The fourth-order valence-corrected chi connectivity index (χ4v) is 4.52. The smallest absolute Gasteiger partial charge is 0.411 e. The molecular weight excluding hydrogens is 497 g/mol. The third-order valence-electron chi connectivity index (χ3n) is 6.37. The highest BCUT2D eigenvalue weighted by atomic mass is 19.1. The second kappa shape index (κ2) is 11.6. The van der Waals surface area contributed by atoms with Gasteiger partial charge in [-0.05, 0) is 47.0 Å². The first-order chi connectivity index (χ1) is 19.0. The summed E-state index contributed by atoms with van der Waals surface area (Å²) in [7, 11) is 0. The molecule has 1 aliphatic heterocycles. The highest BCUT2D eigenvalue weighted by Crippen LogP contribution is 2.35. The van der Waals surface area contributed by atoms with Crippen molar-refractivity contribution >= 4 is 29.3 Å². The Morgan fingerprint density at radius 3 is 2.10 bits per heavy atom. The van der Waals surface area contributed by atoms with Gasteiger partial charge in [0.15, 0.2) is 12.1 Å². The van der Waals surface area contributed by atoms with Crippen LogP contribution in [0.2, 0.25) is 0 Å². The maximum absolute atomic E-state index is 13.7. The molecule has 196 valence electrons. The lowest BCUT2D eigenvalue weighted by Gasteiger charge is -2.24. The number of carbonyl (C=O) groups is 3. The van der Waals surface area contributed by atoms with Gasteiger partial charge in [-0.1, -0.05) is 78.9 Å². The molecule has 0 aromatic heterocycles. The third kappa shape index (κ3) is 6.30. The van der Waals surface area contributed by atoms with Crippen molar-refractivity contribution in [1.82, 2.24) is 4.90 Å². The van der Waals surface area contributed by atoms with E-state index in [1.54, 1.807) is 30.3 Å². The van der Waals surface area contributed by atoms with Crippen LogP contribution in [0.3, 0.4) is 0 Å². The fraction of sp³-hybridized carbons (Fsp3) is 0.129. The summed E-state index contributed by atoms with van der Waals surface area (Å²) in [5.74, 6) is -1.16. The van der Waals surface area contributed by atoms with Gasteiger partial charge in [0.05, 0.1) is 13.0 Å². The molecule has 0 spiro atoms. The summed E-state index contributed by atoms with van der Waals surface area (Å²) >= 11 is 0. The van der Waals surface area contributed by atoms with Gasteiger partial charge in [-0.3, -0.25) is 14.5 Å². The Bertz CT molecular complexity index is 1460. The standard InChI is InChI=1S/C31H26FN3O4/c32-24-12-7-13-26(19-24)34-30(37)28-29(39-31(38)35(28)20-22-10-5-2-6-11-22)23-14-16-25(17-15-23)33-27(36)18-21-8-3-1-4-9-21/h1-17,19,28-29H,18,20H2,(H,33,36)(H,34,37). The van der Waals surface area contributed by atoms with Crippen molar-refractivity contribution in [1.29, 1.82) is 0 Å². The molecule has 39 heavy (non-hydrogen) atoms. The van der Waals surface area contributed by atoms with Crippen LogP contribution < -0.4 is 10.6 Å². The number of anilines is 2. The van der Waals surface area contributed by atoms with Crippen LogP contribution >= 0.6 is 0 Å². The molecule has 3 amide bonds. The first kappa shape index (κ1) is 25.7. The molecule has 1 heterocycles. The maximum Gasteiger partial charge on any atom is 0.411 e. The van der Waals surface area contributed by atoms with Gasteiger partial charge < -0.3 is 15.4 Å². The van der Waals surface area contributed by atoms with Crippen LogP contribution in [0.1, 0.15) is 22.8 Å². The van der Waals surface area contributed by atoms with Gasteiger partial charge in [-0.15, -0.1) is 0 Å². The summed E-state index contributed by atoms with van der Waals surface area (Å²) in [5, 5.41) is 5.57. The van der Waals surface area contributed by atoms with E-state index in [0.29, 0.717) is 11.3 Å². The number of rotatable bonds is 8. The molecule has 1 fully saturated rings. The second-order valence-electron chi connectivity index (χ2n) is 9.19. The third-order valence-corrected chi connectivity index (χ3v) is 6.37. The minimum Gasteiger partial charge on any atom is -0.438 e. The second-order valence-corrected chi connectivity index (χ2v) is 9.19. The van der Waals surface area contributed by atoms with Gasteiger partial charge in [-0.25, -0.2) is 9.18 Å². The van der Waals surface area contributed by atoms with Crippen molar-refractivity contribution in [3.8, 4) is 0 Å². The van der Waals surface area contributed by atoms with Crippen LogP contribution in [0.25, 0.3) is 0 Å². The molecule has 2 unspecified atom stereocenters. The van der Waals surface area contributed by atoms with Crippen molar-refractivity contribution in [2.45, 2.75) is 25.1 Å². The number of halogens is 1. The van der Waals surface area contributed by atoms with Crippen LogP contribution in [0.4, 0.5) is 20.6 Å². The molecule has 8 heteroatoms. The quantitative estimate of drug-likeness (QED) is 0.310. The van der Waals surface area contributed by atoms with Crippen LogP contribution in [-0.4, -0.2) is 28.8 Å². The zero-order chi connectivity index (χ0) is 27.2. The zero-order valence-electron chi connectivity index (χ0n) is 20.9. The van der Waals surface area contributed by atoms with E-state index >= 15 is 0 Å². The number of hydrogen-bond donors (Lipinski definition) is 2. The molecule has 0 aliphatic carbocycles. The number of cyclic esters (lactones) is 1. The predicted octanol–water partition coefficient (Wildman–Crippen LogP) is 5.71. The molecule has 2 N–H and O–H groups in total. The SMILES string of the molecule is O=C(Cc1ccccc1)Nc1ccc(C2OC(=O)N(Cc3ccccc3)C2C(=O)Nc2cccc(F)c2)cc1. The Morgan fingerprint density at radius 2 is 1.44 bits per heavy atom. The zero-order valence-corrected chi connectivity index (χ0v) is 20.9. The van der Waals surface area contributed by atoms with Crippen molar-refractivity contribution < 1.29 is 23.5 Å². The first-order valence-electron chi connectivity index (χ1n) is 12.5. The molecule has 2 atom stereocenters. The summed E-state index contributed by atoms with van der Waals surface area (Å²) in [5.41, 5.74) is 3.16. The summed E-state index contributed by atoms with van der Waals surface area (Å²) in [6.45, 7) is 0.158. The van der Waals surface area contributed by atoms with Crippen molar-refractivity contribution in [3.63, 3.8) is 0 Å². The van der Waals surface area contributed by atoms with Crippen LogP contribution in [0.15, 0.2) is 109 Å². The minimum absolute atomic E-state index is 0.158. The van der Waals surface area contributed by atoms with Gasteiger partial charge in [0.1, 0.15) is 5.82 Å². The number of benzene rings is 4. The lowest BCUT2D eigenvalue weighted by molar-refractivity contribution is -0.121. The Hall–Kier alpha value is -4.98. The Balaban J connectivity index is 1.36. The number of nitrogens with one attached hydrogen (secondary N) is 2. The van der Waals surface area contributed by atoms with E-state index in [2.05, 4.69) is 10.6 Å². The fourth-order valence-electron chi connectivity index (χ4n) is 4.52. The van der Waals surface area contributed by atoms with Gasteiger partial charge in [0.2, 0.25) is 5.91 Å². The topological polar surface area (TPSA) is 87.7 Å². The number of hydrogen-bond acceptors (Lipinski definition) is 4. The monoisotopic (exact) mass is 523 g/mol.